The summed E-state index contributed by atoms with van der Waals surface area (Å²) in [6, 6.07) is 10.0. The van der Waals surface area contributed by atoms with Gasteiger partial charge in [-0.05, 0) is 11.5 Å². The lowest BCUT2D eigenvalue weighted by Crippen LogP contribution is -2.84. The van der Waals surface area contributed by atoms with E-state index in [0.29, 0.717) is 5.92 Å². The van der Waals surface area contributed by atoms with Gasteiger partial charge in [0.1, 0.15) is 6.54 Å². The minimum atomic E-state index is 0.650. The SMILES string of the molecule is CC(C)c1ccc(C[NH2+]C2CC2)cc1. The van der Waals surface area contributed by atoms with Gasteiger partial charge in [-0.1, -0.05) is 38.1 Å². The molecular formula is C13H20N+. The van der Waals surface area contributed by atoms with Crippen LogP contribution >= 0.6 is 0 Å². The van der Waals surface area contributed by atoms with Crippen LogP contribution in [0.1, 0.15) is 43.7 Å². The van der Waals surface area contributed by atoms with Gasteiger partial charge in [0.15, 0.2) is 0 Å². The molecule has 2 rings (SSSR count). The normalized spacial score (nSPS) is 16.2. The van der Waals surface area contributed by atoms with Crippen molar-refractivity contribution in [2.24, 2.45) is 0 Å². The molecule has 0 amide bonds. The molecule has 14 heavy (non-hydrogen) atoms. The second-order valence-electron chi connectivity index (χ2n) is 4.67. The lowest BCUT2D eigenvalue weighted by molar-refractivity contribution is -0.683. The van der Waals surface area contributed by atoms with Crippen LogP contribution in [-0.2, 0) is 6.54 Å². The summed E-state index contributed by atoms with van der Waals surface area (Å²) in [6.07, 6.45) is 2.84. The van der Waals surface area contributed by atoms with E-state index < -0.39 is 0 Å². The Balaban J connectivity index is 1.91. The maximum absolute atomic E-state index is 2.46. The summed E-state index contributed by atoms with van der Waals surface area (Å²) < 4.78 is 0. The predicted molar refractivity (Wildman–Crippen MR) is 59.2 cm³/mol. The van der Waals surface area contributed by atoms with Crippen LogP contribution in [0.3, 0.4) is 0 Å². The second-order valence-corrected chi connectivity index (χ2v) is 4.67. The topological polar surface area (TPSA) is 16.6 Å². The van der Waals surface area contributed by atoms with Crippen molar-refractivity contribution in [3.05, 3.63) is 35.4 Å². The van der Waals surface area contributed by atoms with Crippen molar-refractivity contribution in [3.8, 4) is 0 Å². The maximum Gasteiger partial charge on any atom is 0.101 e. The van der Waals surface area contributed by atoms with E-state index in [1.54, 1.807) is 0 Å². The molecule has 0 spiro atoms. The van der Waals surface area contributed by atoms with Gasteiger partial charge in [0, 0.05) is 18.4 Å². The summed E-state index contributed by atoms with van der Waals surface area (Å²) in [5, 5.41) is 2.46. The molecule has 1 aliphatic carbocycles. The van der Waals surface area contributed by atoms with Gasteiger partial charge in [-0.3, -0.25) is 0 Å². The molecule has 1 saturated carbocycles. The lowest BCUT2D eigenvalue weighted by atomic mass is 10.0. The van der Waals surface area contributed by atoms with Crippen molar-refractivity contribution in [1.82, 2.24) is 0 Å². The van der Waals surface area contributed by atoms with Gasteiger partial charge in [0.2, 0.25) is 0 Å². The molecule has 0 aliphatic heterocycles. The van der Waals surface area contributed by atoms with Crippen molar-refractivity contribution >= 4 is 0 Å². The fourth-order valence-corrected chi connectivity index (χ4v) is 1.67. The first kappa shape index (κ1) is 9.72. The third-order valence-electron chi connectivity index (χ3n) is 2.96. The summed E-state index contributed by atoms with van der Waals surface area (Å²) in [7, 11) is 0. The zero-order valence-corrected chi connectivity index (χ0v) is 9.16. The van der Waals surface area contributed by atoms with Gasteiger partial charge in [-0.25, -0.2) is 0 Å². The van der Waals surface area contributed by atoms with Crippen LogP contribution in [0.25, 0.3) is 0 Å². The molecule has 0 heterocycles. The largest absolute Gasteiger partial charge is 0.340 e. The van der Waals surface area contributed by atoms with Crippen molar-refractivity contribution in [1.29, 1.82) is 0 Å². The number of hydrogen-bond donors (Lipinski definition) is 1. The zero-order chi connectivity index (χ0) is 9.97. The van der Waals surface area contributed by atoms with E-state index in [4.69, 9.17) is 0 Å². The quantitative estimate of drug-likeness (QED) is 0.748. The van der Waals surface area contributed by atoms with E-state index in [0.717, 1.165) is 12.6 Å². The number of rotatable bonds is 4. The number of quaternary nitrogens is 1. The van der Waals surface area contributed by atoms with Crippen molar-refractivity contribution < 1.29 is 5.32 Å². The molecule has 1 nitrogen and oxygen atoms in total. The van der Waals surface area contributed by atoms with Crippen LogP contribution in [0, 0.1) is 0 Å². The molecular weight excluding hydrogens is 170 g/mol. The Hall–Kier alpha value is -0.820. The Morgan fingerprint density at radius 2 is 1.86 bits per heavy atom. The molecule has 0 atom stereocenters. The Kier molecular flexibility index (Phi) is 2.87. The van der Waals surface area contributed by atoms with Crippen molar-refractivity contribution in [3.63, 3.8) is 0 Å². The molecule has 1 aromatic carbocycles. The van der Waals surface area contributed by atoms with Crippen LogP contribution in [0.15, 0.2) is 24.3 Å². The molecule has 2 N–H and O–H groups in total. The van der Waals surface area contributed by atoms with Gasteiger partial charge < -0.3 is 5.32 Å². The van der Waals surface area contributed by atoms with E-state index in [1.165, 1.54) is 24.0 Å². The van der Waals surface area contributed by atoms with E-state index in [-0.39, 0.29) is 0 Å². The van der Waals surface area contributed by atoms with Crippen LogP contribution < -0.4 is 5.32 Å². The third-order valence-corrected chi connectivity index (χ3v) is 2.96. The number of hydrogen-bond acceptors (Lipinski definition) is 0. The van der Waals surface area contributed by atoms with Crippen molar-refractivity contribution in [2.75, 3.05) is 0 Å². The van der Waals surface area contributed by atoms with Crippen LogP contribution in [0.5, 0.6) is 0 Å². The van der Waals surface area contributed by atoms with E-state index in [2.05, 4.69) is 43.4 Å². The third kappa shape index (κ3) is 2.58. The highest BCUT2D eigenvalue weighted by molar-refractivity contribution is 5.23. The average Bonchev–Trinajstić information content (AvgIpc) is 2.99. The van der Waals surface area contributed by atoms with Crippen molar-refractivity contribution in [2.45, 2.75) is 45.2 Å². The highest BCUT2D eigenvalue weighted by Crippen LogP contribution is 2.15. The summed E-state index contributed by atoms with van der Waals surface area (Å²) in [4.78, 5) is 0. The molecule has 0 bridgehead atoms. The Morgan fingerprint density at radius 3 is 2.36 bits per heavy atom. The van der Waals surface area contributed by atoms with Gasteiger partial charge in [0.05, 0.1) is 6.04 Å². The zero-order valence-electron chi connectivity index (χ0n) is 9.16. The summed E-state index contributed by atoms with van der Waals surface area (Å²) in [5.74, 6) is 0.650. The smallest absolute Gasteiger partial charge is 0.101 e. The summed E-state index contributed by atoms with van der Waals surface area (Å²) >= 11 is 0. The molecule has 1 aliphatic rings. The van der Waals surface area contributed by atoms with E-state index in [1.807, 2.05) is 0 Å². The molecule has 0 radical (unpaired) electrons. The lowest BCUT2D eigenvalue weighted by Gasteiger charge is -2.06. The minimum absolute atomic E-state index is 0.650. The van der Waals surface area contributed by atoms with Gasteiger partial charge in [-0.15, -0.1) is 0 Å². The second kappa shape index (κ2) is 4.14. The minimum Gasteiger partial charge on any atom is -0.340 e. The molecule has 0 aromatic heterocycles. The van der Waals surface area contributed by atoms with Crippen LogP contribution in [0.2, 0.25) is 0 Å². The Labute approximate surface area is 86.5 Å². The first-order chi connectivity index (χ1) is 6.75. The summed E-state index contributed by atoms with van der Waals surface area (Å²) in [5.41, 5.74) is 2.90. The Bertz CT molecular complexity index is 283. The fourth-order valence-electron chi connectivity index (χ4n) is 1.67. The fraction of sp³-hybridized carbons (Fsp3) is 0.538. The molecule has 0 saturated heterocycles. The molecule has 0 unspecified atom stereocenters. The van der Waals surface area contributed by atoms with Gasteiger partial charge in [0.25, 0.3) is 0 Å². The molecule has 1 aromatic rings. The average molecular weight is 190 g/mol. The van der Waals surface area contributed by atoms with Gasteiger partial charge >= 0.3 is 0 Å². The highest BCUT2D eigenvalue weighted by Gasteiger charge is 2.24. The van der Waals surface area contributed by atoms with Gasteiger partial charge in [-0.2, -0.15) is 0 Å². The molecule has 1 heteroatoms. The highest BCUT2D eigenvalue weighted by atomic mass is 14.9. The molecule has 76 valence electrons. The number of nitrogens with two attached hydrogens (primary N) is 1. The maximum atomic E-state index is 2.46. The standard InChI is InChI=1S/C13H19N/c1-10(2)12-5-3-11(4-6-12)9-14-13-7-8-13/h3-6,10,13-14H,7-9H2,1-2H3/p+1. The first-order valence-electron chi connectivity index (χ1n) is 5.68. The predicted octanol–water partition coefficient (Wildman–Crippen LogP) is 2.04. The first-order valence-corrected chi connectivity index (χ1v) is 5.68. The monoisotopic (exact) mass is 190 g/mol. The summed E-state index contributed by atoms with van der Waals surface area (Å²) in [6.45, 7) is 5.64. The van der Waals surface area contributed by atoms with E-state index >= 15 is 0 Å². The molecule has 1 fully saturated rings. The number of benzene rings is 1. The van der Waals surface area contributed by atoms with Crippen LogP contribution in [0.4, 0.5) is 0 Å². The Morgan fingerprint density at radius 1 is 1.21 bits per heavy atom. The van der Waals surface area contributed by atoms with Crippen LogP contribution in [-0.4, -0.2) is 6.04 Å². The van der Waals surface area contributed by atoms with E-state index in [9.17, 15) is 0 Å².